The Labute approximate surface area is 232 Å². The van der Waals surface area contributed by atoms with Crippen LogP contribution < -0.4 is 56.1 Å². The average molecular weight is 573 g/mol. The van der Waals surface area contributed by atoms with Crippen LogP contribution in [0.4, 0.5) is 0 Å². The third kappa shape index (κ3) is 16.6. The molecule has 0 aromatic carbocycles. The number of hydrogen-bond donors (Lipinski definition) is 11. The molecule has 0 rings (SSSR count). The highest BCUT2D eigenvalue weighted by Gasteiger charge is 2.30. The highest BCUT2D eigenvalue weighted by atomic mass is 16.4. The molecule has 228 valence electrons. The Bertz CT molecular complexity index is 905. The van der Waals surface area contributed by atoms with Gasteiger partial charge in [-0.05, 0) is 51.5 Å². The van der Waals surface area contributed by atoms with Crippen LogP contribution in [0.1, 0.15) is 51.4 Å². The van der Waals surface area contributed by atoms with Crippen LogP contribution in [0.2, 0.25) is 0 Å². The van der Waals surface area contributed by atoms with Crippen molar-refractivity contribution in [1.29, 1.82) is 0 Å². The first-order chi connectivity index (χ1) is 18.8. The van der Waals surface area contributed by atoms with Crippen LogP contribution in [-0.4, -0.2) is 90.4 Å². The number of carboxylic acid groups (broad SMARTS) is 1. The van der Waals surface area contributed by atoms with E-state index in [9.17, 15) is 29.1 Å². The van der Waals surface area contributed by atoms with Crippen LogP contribution in [-0.2, 0) is 24.0 Å². The number of amides is 4. The second kappa shape index (κ2) is 19.8. The van der Waals surface area contributed by atoms with Crippen molar-refractivity contribution < 1.29 is 29.1 Å². The lowest BCUT2D eigenvalue weighted by molar-refractivity contribution is -0.143. The minimum atomic E-state index is -1.61. The second-order valence-electron chi connectivity index (χ2n) is 8.98. The quantitative estimate of drug-likeness (QED) is 0.0349. The average Bonchev–Trinajstić information content (AvgIpc) is 2.86. The Balaban J connectivity index is 5.62. The molecule has 0 saturated heterocycles. The van der Waals surface area contributed by atoms with Crippen molar-refractivity contribution in [2.24, 2.45) is 50.1 Å². The Morgan fingerprint density at radius 1 is 0.650 bits per heavy atom. The molecule has 40 heavy (non-hydrogen) atoms. The summed E-state index contributed by atoms with van der Waals surface area (Å²) in [7, 11) is 0. The number of unbranched alkanes of at least 4 members (excludes halogenated alkanes) is 1. The number of aliphatic imine (C=N–C) groups is 2. The lowest BCUT2D eigenvalue weighted by Crippen LogP contribution is -2.57. The predicted octanol–water partition coefficient (Wildman–Crippen LogP) is -5.04. The van der Waals surface area contributed by atoms with Crippen molar-refractivity contribution in [3.05, 3.63) is 0 Å². The molecule has 0 saturated carbocycles. The third-order valence-corrected chi connectivity index (χ3v) is 5.48. The molecule has 0 aliphatic rings. The van der Waals surface area contributed by atoms with Crippen molar-refractivity contribution in [3.63, 3.8) is 0 Å². The summed E-state index contributed by atoms with van der Waals surface area (Å²) >= 11 is 0. The van der Waals surface area contributed by atoms with Gasteiger partial charge in [0.2, 0.25) is 23.6 Å². The van der Waals surface area contributed by atoms with Gasteiger partial charge in [-0.3, -0.25) is 29.2 Å². The molecule has 0 aliphatic carbocycles. The molecular weight excluding hydrogens is 528 g/mol. The van der Waals surface area contributed by atoms with Gasteiger partial charge in [-0.1, -0.05) is 0 Å². The Hall–Kier alpha value is -4.19. The van der Waals surface area contributed by atoms with Gasteiger partial charge < -0.3 is 61.2 Å². The Morgan fingerprint density at radius 2 is 1.10 bits per heavy atom. The van der Waals surface area contributed by atoms with Gasteiger partial charge in [0, 0.05) is 13.1 Å². The number of carbonyl (C=O) groups excluding carboxylic acids is 4. The minimum absolute atomic E-state index is 0.00500. The van der Waals surface area contributed by atoms with E-state index in [0.717, 1.165) is 0 Å². The van der Waals surface area contributed by atoms with E-state index < -0.39 is 60.2 Å². The summed E-state index contributed by atoms with van der Waals surface area (Å²) in [6.07, 6.45) is 1.48. The second-order valence-corrected chi connectivity index (χ2v) is 8.98. The molecule has 0 aromatic rings. The lowest BCUT2D eigenvalue weighted by atomic mass is 10.0. The topological polar surface area (TPSA) is 349 Å². The molecular formula is C22H44N12O6. The van der Waals surface area contributed by atoms with Crippen molar-refractivity contribution in [1.82, 2.24) is 16.0 Å². The largest absolute Gasteiger partial charge is 0.480 e. The molecule has 0 bridgehead atoms. The van der Waals surface area contributed by atoms with Crippen LogP contribution in [0.5, 0.6) is 0 Å². The van der Waals surface area contributed by atoms with Crippen LogP contribution in [0.3, 0.4) is 0 Å². The first kappa shape index (κ1) is 35.8. The molecule has 0 radical (unpaired) electrons. The molecule has 0 heterocycles. The number of nitrogens with one attached hydrogen (secondary N) is 3. The summed E-state index contributed by atoms with van der Waals surface area (Å²) < 4.78 is 0. The SMILES string of the molecule is NCCCCC(NC(=O)C(N)CCCN=C(N)N)C(=O)NC(CCCN=C(N)N)C(=O)NC(CC(N)=O)C(=O)O. The normalized spacial score (nSPS) is 13.6. The maximum atomic E-state index is 13.2. The Kier molecular flexibility index (Phi) is 17.7. The van der Waals surface area contributed by atoms with Gasteiger partial charge in [-0.15, -0.1) is 0 Å². The molecule has 18 nitrogen and oxygen atoms in total. The molecule has 0 aliphatic heterocycles. The van der Waals surface area contributed by atoms with Gasteiger partial charge >= 0.3 is 5.97 Å². The fourth-order valence-corrected chi connectivity index (χ4v) is 3.41. The zero-order chi connectivity index (χ0) is 30.7. The van der Waals surface area contributed by atoms with Crippen LogP contribution in [0, 0.1) is 0 Å². The van der Waals surface area contributed by atoms with Crippen molar-refractivity contribution in [2.75, 3.05) is 19.6 Å². The number of carbonyl (C=O) groups is 5. The van der Waals surface area contributed by atoms with Gasteiger partial charge in [-0.2, -0.15) is 0 Å². The monoisotopic (exact) mass is 572 g/mol. The highest BCUT2D eigenvalue weighted by molar-refractivity contribution is 5.94. The van der Waals surface area contributed by atoms with E-state index in [1.54, 1.807) is 0 Å². The molecule has 18 heteroatoms. The zero-order valence-electron chi connectivity index (χ0n) is 22.5. The summed E-state index contributed by atoms with van der Waals surface area (Å²) in [4.78, 5) is 69.2. The number of nitrogens with zero attached hydrogens (tertiary/aromatic N) is 2. The van der Waals surface area contributed by atoms with Crippen LogP contribution in [0.25, 0.3) is 0 Å². The van der Waals surface area contributed by atoms with Crippen molar-refractivity contribution in [3.8, 4) is 0 Å². The van der Waals surface area contributed by atoms with E-state index in [1.807, 2.05) is 0 Å². The third-order valence-electron chi connectivity index (χ3n) is 5.48. The number of carboxylic acids is 1. The first-order valence-corrected chi connectivity index (χ1v) is 12.8. The number of aliphatic carboxylic acids is 1. The number of primary amides is 1. The molecule has 4 amide bonds. The molecule has 0 fully saturated rings. The predicted molar refractivity (Wildman–Crippen MR) is 148 cm³/mol. The zero-order valence-corrected chi connectivity index (χ0v) is 22.5. The summed E-state index contributed by atoms with van der Waals surface area (Å²) in [6.45, 7) is 0.753. The standard InChI is InChI=1S/C22H44N12O6/c23-8-2-1-6-13(32-17(36)12(24)5-3-9-30-21(26)27)18(37)33-14(7-4-10-31-22(28)29)19(38)34-15(20(39)40)11-16(25)35/h12-15H,1-11,23-24H2,(H2,25,35)(H,32,36)(H,33,37)(H,34,38)(H,39,40)(H4,26,27,30)(H4,28,29,31). The van der Waals surface area contributed by atoms with E-state index in [4.69, 9.17) is 40.1 Å². The first-order valence-electron chi connectivity index (χ1n) is 12.8. The summed E-state index contributed by atoms with van der Waals surface area (Å²) in [5.74, 6) is -4.88. The van der Waals surface area contributed by atoms with E-state index in [0.29, 0.717) is 25.8 Å². The summed E-state index contributed by atoms with van der Waals surface area (Å²) in [6, 6.07) is -4.89. The molecule has 18 N–H and O–H groups in total. The van der Waals surface area contributed by atoms with E-state index in [-0.39, 0.29) is 50.7 Å². The number of guanidine groups is 2. The minimum Gasteiger partial charge on any atom is -0.480 e. The maximum absolute atomic E-state index is 13.2. The molecule has 0 spiro atoms. The number of hydrogen-bond acceptors (Lipinski definition) is 9. The van der Waals surface area contributed by atoms with Crippen molar-refractivity contribution in [2.45, 2.75) is 75.5 Å². The van der Waals surface area contributed by atoms with Gasteiger partial charge in [-0.25, -0.2) is 4.79 Å². The molecule has 4 atom stereocenters. The fourth-order valence-electron chi connectivity index (χ4n) is 3.41. The highest BCUT2D eigenvalue weighted by Crippen LogP contribution is 2.07. The molecule has 4 unspecified atom stereocenters. The molecule has 0 aromatic heterocycles. The van der Waals surface area contributed by atoms with Gasteiger partial charge in [0.05, 0.1) is 12.5 Å². The lowest BCUT2D eigenvalue weighted by Gasteiger charge is -2.25. The van der Waals surface area contributed by atoms with Crippen LogP contribution in [0.15, 0.2) is 9.98 Å². The van der Waals surface area contributed by atoms with Gasteiger partial charge in [0.1, 0.15) is 18.1 Å². The summed E-state index contributed by atoms with van der Waals surface area (Å²) in [5, 5.41) is 16.7. The number of rotatable bonds is 21. The number of nitrogens with two attached hydrogens (primary N) is 7. The smallest absolute Gasteiger partial charge is 0.326 e. The van der Waals surface area contributed by atoms with Gasteiger partial charge in [0.25, 0.3) is 0 Å². The Morgan fingerprint density at radius 3 is 1.55 bits per heavy atom. The van der Waals surface area contributed by atoms with E-state index in [1.165, 1.54) is 0 Å². The van der Waals surface area contributed by atoms with Gasteiger partial charge in [0.15, 0.2) is 11.9 Å². The van der Waals surface area contributed by atoms with E-state index in [2.05, 4.69) is 25.9 Å². The summed E-state index contributed by atoms with van der Waals surface area (Å²) in [5.41, 5.74) is 37.7. The van der Waals surface area contributed by atoms with Crippen LogP contribution >= 0.6 is 0 Å². The van der Waals surface area contributed by atoms with E-state index >= 15 is 0 Å². The fraction of sp³-hybridized carbons (Fsp3) is 0.682. The maximum Gasteiger partial charge on any atom is 0.326 e. The van der Waals surface area contributed by atoms with Crippen molar-refractivity contribution >= 4 is 41.5 Å².